The van der Waals surface area contributed by atoms with Gasteiger partial charge in [0.25, 0.3) is 11.8 Å². The number of amides is 2. The Morgan fingerprint density at radius 1 is 1.24 bits per heavy atom. The number of primary amides is 1. The van der Waals surface area contributed by atoms with E-state index in [0.717, 1.165) is 0 Å². The number of rotatable bonds is 6. The van der Waals surface area contributed by atoms with E-state index in [-0.39, 0.29) is 18.1 Å². The van der Waals surface area contributed by atoms with Crippen molar-refractivity contribution in [1.82, 2.24) is 0 Å². The summed E-state index contributed by atoms with van der Waals surface area (Å²) in [6.45, 7) is -0.174. The van der Waals surface area contributed by atoms with Crippen molar-refractivity contribution >= 4 is 35.2 Å². The summed E-state index contributed by atoms with van der Waals surface area (Å²) in [5.74, 6) is -0.650. The van der Waals surface area contributed by atoms with Crippen LogP contribution >= 0.6 is 11.6 Å². The summed E-state index contributed by atoms with van der Waals surface area (Å²) in [7, 11) is 0. The Hall–Kier alpha value is -3.30. The number of carbonyl (C=O) groups is 2. The summed E-state index contributed by atoms with van der Waals surface area (Å²) < 4.78 is 5.38. The van der Waals surface area contributed by atoms with Gasteiger partial charge in [-0.2, -0.15) is 5.26 Å². The van der Waals surface area contributed by atoms with E-state index in [1.165, 1.54) is 6.08 Å². The van der Waals surface area contributed by atoms with Crippen molar-refractivity contribution in [1.29, 1.82) is 5.26 Å². The van der Waals surface area contributed by atoms with Crippen LogP contribution in [0.15, 0.2) is 54.1 Å². The Balaban J connectivity index is 1.92. The molecule has 2 aromatic rings. The van der Waals surface area contributed by atoms with Crippen molar-refractivity contribution in [3.63, 3.8) is 0 Å². The van der Waals surface area contributed by atoms with E-state index >= 15 is 0 Å². The molecule has 0 aromatic heterocycles. The van der Waals surface area contributed by atoms with Gasteiger partial charge in [0.1, 0.15) is 17.4 Å². The van der Waals surface area contributed by atoms with E-state index < -0.39 is 5.91 Å². The highest BCUT2D eigenvalue weighted by molar-refractivity contribution is 6.30. The second-order valence-electron chi connectivity index (χ2n) is 4.95. The van der Waals surface area contributed by atoms with Gasteiger partial charge in [-0.1, -0.05) is 29.8 Å². The SMILES string of the molecule is N#C/C(=C\c1ccc(OCC(=O)Nc2cccc(Cl)c2)cc1)C(N)=O. The molecule has 0 radical (unpaired) electrons. The number of nitrogens with zero attached hydrogens (tertiary/aromatic N) is 1. The fraction of sp³-hybridized carbons (Fsp3) is 0.0556. The van der Waals surface area contributed by atoms with Gasteiger partial charge in [0.2, 0.25) is 0 Å². The van der Waals surface area contributed by atoms with Gasteiger partial charge in [-0.15, -0.1) is 0 Å². The zero-order chi connectivity index (χ0) is 18.2. The number of hydrogen-bond donors (Lipinski definition) is 2. The summed E-state index contributed by atoms with van der Waals surface area (Å²) in [5.41, 5.74) is 6.12. The predicted molar refractivity (Wildman–Crippen MR) is 94.8 cm³/mol. The Morgan fingerprint density at radius 3 is 2.56 bits per heavy atom. The number of anilines is 1. The van der Waals surface area contributed by atoms with Crippen molar-refractivity contribution in [3.8, 4) is 11.8 Å². The van der Waals surface area contributed by atoms with Gasteiger partial charge in [-0.3, -0.25) is 9.59 Å². The summed E-state index contributed by atoms with van der Waals surface area (Å²) >= 11 is 5.85. The molecular weight excluding hydrogens is 342 g/mol. The van der Waals surface area contributed by atoms with Crippen LogP contribution in [0.5, 0.6) is 5.75 Å². The quantitative estimate of drug-likeness (QED) is 0.613. The topological polar surface area (TPSA) is 105 Å². The van der Waals surface area contributed by atoms with Crippen LogP contribution in [0.25, 0.3) is 6.08 Å². The molecule has 0 heterocycles. The molecule has 2 rings (SSSR count). The second kappa shape index (κ2) is 8.52. The highest BCUT2D eigenvalue weighted by atomic mass is 35.5. The van der Waals surface area contributed by atoms with Crippen LogP contribution in [-0.2, 0) is 9.59 Å². The highest BCUT2D eigenvalue weighted by Gasteiger charge is 2.05. The molecule has 0 saturated carbocycles. The fourth-order valence-electron chi connectivity index (χ4n) is 1.90. The molecule has 0 unspecified atom stereocenters. The number of nitrogens with one attached hydrogen (secondary N) is 1. The first-order valence-electron chi connectivity index (χ1n) is 7.18. The lowest BCUT2D eigenvalue weighted by Gasteiger charge is -2.08. The number of hydrogen-bond acceptors (Lipinski definition) is 4. The third-order valence-electron chi connectivity index (χ3n) is 3.06. The van der Waals surface area contributed by atoms with Crippen molar-refractivity contribution < 1.29 is 14.3 Å². The highest BCUT2D eigenvalue weighted by Crippen LogP contribution is 2.16. The summed E-state index contributed by atoms with van der Waals surface area (Å²) in [6.07, 6.45) is 1.37. The molecule has 0 spiro atoms. The molecule has 0 bridgehead atoms. The summed E-state index contributed by atoms with van der Waals surface area (Å²) in [4.78, 5) is 22.9. The Bertz CT molecular complexity index is 855. The van der Waals surface area contributed by atoms with Gasteiger partial charge < -0.3 is 15.8 Å². The predicted octanol–water partition coefficient (Wildman–Crippen LogP) is 2.75. The molecule has 2 aromatic carbocycles. The van der Waals surface area contributed by atoms with Crippen LogP contribution in [0.1, 0.15) is 5.56 Å². The third kappa shape index (κ3) is 5.68. The first-order valence-corrected chi connectivity index (χ1v) is 7.55. The lowest BCUT2D eigenvalue weighted by molar-refractivity contribution is -0.118. The van der Waals surface area contributed by atoms with Gasteiger partial charge in [0.05, 0.1) is 0 Å². The minimum atomic E-state index is -0.791. The molecule has 0 atom stereocenters. The maximum Gasteiger partial charge on any atom is 0.262 e. The van der Waals surface area contributed by atoms with E-state index in [0.29, 0.717) is 22.0 Å². The molecule has 25 heavy (non-hydrogen) atoms. The van der Waals surface area contributed by atoms with E-state index in [1.807, 2.05) is 0 Å². The Kier molecular flexibility index (Phi) is 6.15. The first kappa shape index (κ1) is 18.0. The van der Waals surface area contributed by atoms with Crippen LogP contribution in [0.3, 0.4) is 0 Å². The number of halogens is 1. The zero-order valence-corrected chi connectivity index (χ0v) is 13.8. The Labute approximate surface area is 149 Å². The van der Waals surface area contributed by atoms with Crippen LogP contribution in [0.2, 0.25) is 5.02 Å². The number of nitrogens with two attached hydrogens (primary N) is 1. The molecule has 0 aliphatic carbocycles. The molecule has 3 N–H and O–H groups in total. The molecule has 7 heteroatoms. The van der Waals surface area contributed by atoms with Gasteiger partial charge in [0.15, 0.2) is 6.61 Å². The lowest BCUT2D eigenvalue weighted by atomic mass is 10.1. The van der Waals surface area contributed by atoms with E-state index in [2.05, 4.69) is 5.32 Å². The van der Waals surface area contributed by atoms with E-state index in [9.17, 15) is 9.59 Å². The molecule has 0 saturated heterocycles. The molecule has 0 fully saturated rings. The van der Waals surface area contributed by atoms with Gasteiger partial charge in [-0.05, 0) is 42.0 Å². The minimum absolute atomic E-state index is 0.144. The Morgan fingerprint density at radius 2 is 1.96 bits per heavy atom. The fourth-order valence-corrected chi connectivity index (χ4v) is 2.09. The van der Waals surface area contributed by atoms with Crippen molar-refractivity contribution in [3.05, 3.63) is 64.7 Å². The molecule has 0 aliphatic rings. The maximum absolute atomic E-state index is 11.8. The largest absolute Gasteiger partial charge is 0.484 e. The number of ether oxygens (including phenoxy) is 1. The average molecular weight is 356 g/mol. The van der Waals surface area contributed by atoms with E-state index in [4.69, 9.17) is 27.3 Å². The molecular formula is C18H14ClN3O3. The summed E-state index contributed by atoms with van der Waals surface area (Å²) in [6, 6.07) is 15.0. The monoisotopic (exact) mass is 355 g/mol. The maximum atomic E-state index is 11.8. The third-order valence-corrected chi connectivity index (χ3v) is 3.29. The molecule has 2 amide bonds. The molecule has 126 valence electrons. The van der Waals surface area contributed by atoms with Gasteiger partial charge in [0, 0.05) is 10.7 Å². The van der Waals surface area contributed by atoms with Crippen molar-refractivity contribution in [2.75, 3.05) is 11.9 Å². The number of nitriles is 1. The number of benzene rings is 2. The van der Waals surface area contributed by atoms with Gasteiger partial charge in [-0.25, -0.2) is 0 Å². The average Bonchev–Trinajstić information content (AvgIpc) is 2.58. The standard InChI is InChI=1S/C18H14ClN3O3/c19-14-2-1-3-15(9-14)22-17(23)11-25-16-6-4-12(5-7-16)8-13(10-20)18(21)24/h1-9H,11H2,(H2,21,24)(H,22,23)/b13-8+. The summed E-state index contributed by atoms with van der Waals surface area (Å²) in [5, 5.41) is 12.0. The second-order valence-corrected chi connectivity index (χ2v) is 5.39. The normalized spacial score (nSPS) is 10.6. The van der Waals surface area contributed by atoms with Crippen LogP contribution in [-0.4, -0.2) is 18.4 Å². The van der Waals surface area contributed by atoms with Crippen LogP contribution in [0.4, 0.5) is 5.69 Å². The van der Waals surface area contributed by atoms with Crippen molar-refractivity contribution in [2.45, 2.75) is 0 Å². The van der Waals surface area contributed by atoms with E-state index in [1.54, 1.807) is 54.6 Å². The van der Waals surface area contributed by atoms with Gasteiger partial charge >= 0.3 is 0 Å². The smallest absolute Gasteiger partial charge is 0.262 e. The van der Waals surface area contributed by atoms with Crippen LogP contribution < -0.4 is 15.8 Å². The first-order chi connectivity index (χ1) is 12.0. The van der Waals surface area contributed by atoms with Crippen LogP contribution in [0, 0.1) is 11.3 Å². The molecule has 0 aliphatic heterocycles. The minimum Gasteiger partial charge on any atom is -0.484 e. The lowest BCUT2D eigenvalue weighted by Crippen LogP contribution is -2.20. The zero-order valence-electron chi connectivity index (χ0n) is 13.0. The molecule has 6 nitrogen and oxygen atoms in total. The van der Waals surface area contributed by atoms with Crippen molar-refractivity contribution in [2.24, 2.45) is 5.73 Å². The number of carbonyl (C=O) groups excluding carboxylic acids is 2.